The van der Waals surface area contributed by atoms with E-state index in [4.69, 9.17) is 0 Å². The number of hydrogen-bond acceptors (Lipinski definition) is 3. The summed E-state index contributed by atoms with van der Waals surface area (Å²) in [6, 6.07) is 12.8. The minimum atomic E-state index is -0.500. The number of nitrogens with zero attached hydrogens (tertiary/aromatic N) is 1. The summed E-state index contributed by atoms with van der Waals surface area (Å²) in [5.41, 5.74) is 3.85. The molecule has 1 heterocycles. The van der Waals surface area contributed by atoms with E-state index in [0.717, 1.165) is 21.7 Å². The normalized spacial score (nSPS) is 16.7. The Labute approximate surface area is 158 Å². The van der Waals surface area contributed by atoms with Crippen molar-refractivity contribution in [2.24, 2.45) is 0 Å². The van der Waals surface area contributed by atoms with Crippen molar-refractivity contribution in [1.29, 1.82) is 0 Å². The van der Waals surface area contributed by atoms with E-state index >= 15 is 0 Å². The topological polar surface area (TPSA) is 61.4 Å². The summed E-state index contributed by atoms with van der Waals surface area (Å²) < 4.78 is 0. The quantitative estimate of drug-likeness (QED) is 0.802. The fourth-order valence-corrected chi connectivity index (χ4v) is 3.66. The van der Waals surface area contributed by atoms with E-state index in [9.17, 15) is 9.59 Å². The second-order valence-corrected chi connectivity index (χ2v) is 7.39. The first kappa shape index (κ1) is 18.3. The van der Waals surface area contributed by atoms with Gasteiger partial charge in [0, 0.05) is 22.8 Å². The predicted octanol–water partition coefficient (Wildman–Crippen LogP) is 3.95. The molecule has 6 heteroatoms. The predicted molar refractivity (Wildman–Crippen MR) is 107 cm³/mol. The van der Waals surface area contributed by atoms with Crippen LogP contribution < -0.4 is 15.5 Å². The van der Waals surface area contributed by atoms with Gasteiger partial charge in [-0.1, -0.05) is 12.1 Å². The van der Waals surface area contributed by atoms with Crippen LogP contribution in [-0.4, -0.2) is 30.8 Å². The summed E-state index contributed by atoms with van der Waals surface area (Å²) in [4.78, 5) is 27.8. The molecule has 0 spiro atoms. The van der Waals surface area contributed by atoms with Crippen LogP contribution in [0.4, 0.5) is 16.2 Å². The molecule has 136 valence electrons. The van der Waals surface area contributed by atoms with Gasteiger partial charge in [0.25, 0.3) is 0 Å². The van der Waals surface area contributed by atoms with Gasteiger partial charge in [-0.3, -0.25) is 4.79 Å². The first-order valence-electron chi connectivity index (χ1n) is 8.57. The van der Waals surface area contributed by atoms with Gasteiger partial charge in [0.05, 0.1) is 0 Å². The van der Waals surface area contributed by atoms with E-state index in [2.05, 4.69) is 16.7 Å². The van der Waals surface area contributed by atoms with Crippen molar-refractivity contribution in [1.82, 2.24) is 5.32 Å². The van der Waals surface area contributed by atoms with E-state index in [0.29, 0.717) is 18.7 Å². The molecular formula is C20H23N3O2S. The van der Waals surface area contributed by atoms with Gasteiger partial charge in [0.1, 0.15) is 6.04 Å². The highest BCUT2D eigenvalue weighted by Crippen LogP contribution is 2.24. The number of anilines is 2. The van der Waals surface area contributed by atoms with Gasteiger partial charge < -0.3 is 15.5 Å². The summed E-state index contributed by atoms with van der Waals surface area (Å²) in [5, 5.41) is 5.60. The van der Waals surface area contributed by atoms with Crippen LogP contribution in [0.5, 0.6) is 0 Å². The maximum absolute atomic E-state index is 12.7. The van der Waals surface area contributed by atoms with Gasteiger partial charge in [0.2, 0.25) is 5.91 Å². The molecule has 0 radical (unpaired) electrons. The Kier molecular flexibility index (Phi) is 5.52. The third-order valence-corrected chi connectivity index (χ3v) is 5.08. The van der Waals surface area contributed by atoms with Crippen LogP contribution in [0.25, 0.3) is 0 Å². The molecule has 5 nitrogen and oxygen atoms in total. The summed E-state index contributed by atoms with van der Waals surface area (Å²) in [6.07, 6.45) is 2.59. The third-order valence-electron chi connectivity index (χ3n) is 4.36. The summed E-state index contributed by atoms with van der Waals surface area (Å²) in [5.74, 6) is -0.0667. The minimum absolute atomic E-state index is 0.0667. The average Bonchev–Trinajstić information content (AvgIpc) is 2.94. The molecule has 2 aromatic carbocycles. The molecule has 2 aromatic rings. The maximum Gasteiger partial charge on any atom is 0.319 e. The smallest absolute Gasteiger partial charge is 0.319 e. The molecule has 3 amide bonds. The van der Waals surface area contributed by atoms with Crippen molar-refractivity contribution in [2.75, 3.05) is 23.0 Å². The van der Waals surface area contributed by atoms with Crippen molar-refractivity contribution < 1.29 is 9.59 Å². The Morgan fingerprint density at radius 1 is 1.15 bits per heavy atom. The first-order valence-corrected chi connectivity index (χ1v) is 9.80. The van der Waals surface area contributed by atoms with Crippen LogP contribution in [0.15, 0.2) is 47.4 Å². The van der Waals surface area contributed by atoms with E-state index < -0.39 is 6.04 Å². The molecule has 0 aromatic heterocycles. The van der Waals surface area contributed by atoms with Gasteiger partial charge in [-0.15, -0.1) is 11.8 Å². The number of carbonyl (C=O) groups is 2. The Morgan fingerprint density at radius 3 is 2.58 bits per heavy atom. The first-order chi connectivity index (χ1) is 12.5. The van der Waals surface area contributed by atoms with Crippen LogP contribution in [-0.2, 0) is 4.79 Å². The lowest BCUT2D eigenvalue weighted by Crippen LogP contribution is -2.43. The fourth-order valence-electron chi connectivity index (χ4n) is 3.20. The fraction of sp³-hybridized carbons (Fsp3) is 0.300. The highest BCUT2D eigenvalue weighted by atomic mass is 32.2. The Bertz CT molecular complexity index is 817. The Morgan fingerprint density at radius 2 is 1.88 bits per heavy atom. The van der Waals surface area contributed by atoms with Gasteiger partial charge >= 0.3 is 6.03 Å². The number of aryl methyl sites for hydroxylation is 2. The zero-order valence-corrected chi connectivity index (χ0v) is 16.0. The van der Waals surface area contributed by atoms with Crippen molar-refractivity contribution in [2.45, 2.75) is 31.2 Å². The number of amides is 3. The second-order valence-electron chi connectivity index (χ2n) is 6.51. The standard InChI is InChI=1S/C20H23N3O2S/c1-13-9-14(2)11-16(10-13)23-8-7-18(19(23)24)22-20(25)21-15-5-4-6-17(12-15)26-3/h4-6,9-12,18H,7-8H2,1-3H3,(H2,21,22,25)/t18-/m1/s1. The van der Waals surface area contributed by atoms with Crippen molar-refractivity contribution >= 4 is 35.1 Å². The average molecular weight is 369 g/mol. The van der Waals surface area contributed by atoms with Crippen LogP contribution in [0.3, 0.4) is 0 Å². The van der Waals surface area contributed by atoms with Gasteiger partial charge in [-0.05, 0) is 68.0 Å². The lowest BCUT2D eigenvalue weighted by atomic mass is 10.1. The molecule has 1 aliphatic heterocycles. The molecule has 0 unspecified atom stereocenters. The molecule has 0 saturated carbocycles. The van der Waals surface area contributed by atoms with Crippen molar-refractivity contribution in [3.8, 4) is 0 Å². The molecule has 1 atom stereocenters. The number of urea groups is 1. The SMILES string of the molecule is CSc1cccc(NC(=O)N[C@@H]2CCN(c3cc(C)cc(C)c3)C2=O)c1. The maximum atomic E-state index is 12.7. The Balaban J connectivity index is 1.63. The molecule has 0 aliphatic carbocycles. The molecule has 26 heavy (non-hydrogen) atoms. The van der Waals surface area contributed by atoms with Crippen molar-refractivity contribution in [3.05, 3.63) is 53.6 Å². The molecule has 1 aliphatic rings. The van der Waals surface area contributed by atoms with Crippen LogP contribution in [0.2, 0.25) is 0 Å². The molecule has 2 N–H and O–H groups in total. The summed E-state index contributed by atoms with van der Waals surface area (Å²) >= 11 is 1.61. The van der Waals surface area contributed by atoms with E-state index in [1.165, 1.54) is 0 Å². The zero-order valence-electron chi connectivity index (χ0n) is 15.2. The van der Waals surface area contributed by atoms with E-state index in [1.807, 2.05) is 56.5 Å². The third kappa shape index (κ3) is 4.19. The second kappa shape index (κ2) is 7.83. The highest BCUT2D eigenvalue weighted by Gasteiger charge is 2.33. The summed E-state index contributed by atoms with van der Waals surface area (Å²) in [7, 11) is 0. The lowest BCUT2D eigenvalue weighted by Gasteiger charge is -2.18. The number of thioether (sulfide) groups is 1. The zero-order chi connectivity index (χ0) is 18.7. The number of hydrogen-bond donors (Lipinski definition) is 2. The van der Waals surface area contributed by atoms with Gasteiger partial charge in [-0.25, -0.2) is 4.79 Å². The Hall–Kier alpha value is -2.47. The molecular weight excluding hydrogens is 346 g/mol. The van der Waals surface area contributed by atoms with Crippen LogP contribution in [0.1, 0.15) is 17.5 Å². The van der Waals surface area contributed by atoms with Crippen molar-refractivity contribution in [3.63, 3.8) is 0 Å². The largest absolute Gasteiger partial charge is 0.326 e. The molecule has 3 rings (SSSR count). The van der Waals surface area contributed by atoms with Crippen LogP contribution in [0, 0.1) is 13.8 Å². The monoisotopic (exact) mass is 369 g/mol. The number of rotatable bonds is 4. The summed E-state index contributed by atoms with van der Waals surface area (Å²) in [6.45, 7) is 4.64. The van der Waals surface area contributed by atoms with Gasteiger partial charge in [0.15, 0.2) is 0 Å². The number of nitrogens with one attached hydrogen (secondary N) is 2. The van der Waals surface area contributed by atoms with E-state index in [-0.39, 0.29) is 11.9 Å². The van der Waals surface area contributed by atoms with Crippen LogP contribution >= 0.6 is 11.8 Å². The lowest BCUT2D eigenvalue weighted by molar-refractivity contribution is -0.118. The van der Waals surface area contributed by atoms with E-state index in [1.54, 1.807) is 16.7 Å². The highest BCUT2D eigenvalue weighted by molar-refractivity contribution is 7.98. The number of carbonyl (C=O) groups excluding carboxylic acids is 2. The number of benzene rings is 2. The molecule has 1 fully saturated rings. The van der Waals surface area contributed by atoms with Gasteiger partial charge in [-0.2, -0.15) is 0 Å². The molecule has 0 bridgehead atoms. The molecule has 1 saturated heterocycles. The minimum Gasteiger partial charge on any atom is -0.326 e.